The van der Waals surface area contributed by atoms with Gasteiger partial charge in [-0.05, 0) is 48.0 Å². The summed E-state index contributed by atoms with van der Waals surface area (Å²) in [6, 6.07) is 12.3. The SMILES string of the molecule is COc1ccc(OCCNC(=O)/C=C/c2ccc(OCC(N)=O)c(OC)c2)cc1. The lowest BCUT2D eigenvalue weighted by atomic mass is 10.2. The normalized spacial score (nSPS) is 10.4. The molecule has 0 spiro atoms. The Morgan fingerprint density at radius 2 is 1.69 bits per heavy atom. The summed E-state index contributed by atoms with van der Waals surface area (Å²) in [7, 11) is 3.08. The zero-order valence-corrected chi connectivity index (χ0v) is 16.3. The molecule has 154 valence electrons. The smallest absolute Gasteiger partial charge is 0.255 e. The van der Waals surface area contributed by atoms with Crippen LogP contribution in [0.4, 0.5) is 0 Å². The van der Waals surface area contributed by atoms with Gasteiger partial charge in [0.05, 0.1) is 20.8 Å². The first-order valence-corrected chi connectivity index (χ1v) is 8.83. The van der Waals surface area contributed by atoms with Crippen LogP contribution in [0.3, 0.4) is 0 Å². The van der Waals surface area contributed by atoms with Gasteiger partial charge in [0, 0.05) is 6.08 Å². The fraction of sp³-hybridized carbons (Fsp3) is 0.238. The Hall–Kier alpha value is -3.68. The number of hydrogen-bond acceptors (Lipinski definition) is 6. The minimum Gasteiger partial charge on any atom is -0.497 e. The quantitative estimate of drug-likeness (QED) is 0.440. The van der Waals surface area contributed by atoms with Gasteiger partial charge in [0.2, 0.25) is 5.91 Å². The molecule has 0 saturated heterocycles. The second kappa shape index (κ2) is 11.2. The van der Waals surface area contributed by atoms with Crippen LogP contribution in [0.1, 0.15) is 5.56 Å². The lowest BCUT2D eigenvalue weighted by molar-refractivity contribution is -0.120. The van der Waals surface area contributed by atoms with Crippen molar-refractivity contribution >= 4 is 17.9 Å². The Bertz CT molecular complexity index is 849. The third-order valence-electron chi connectivity index (χ3n) is 3.71. The van der Waals surface area contributed by atoms with E-state index in [4.69, 9.17) is 24.7 Å². The van der Waals surface area contributed by atoms with Crippen LogP contribution in [0.25, 0.3) is 6.08 Å². The van der Waals surface area contributed by atoms with Gasteiger partial charge in [0.15, 0.2) is 18.1 Å². The predicted molar refractivity (Wildman–Crippen MR) is 108 cm³/mol. The number of carbonyl (C=O) groups excluding carboxylic acids is 2. The summed E-state index contributed by atoms with van der Waals surface area (Å²) in [6.45, 7) is 0.455. The van der Waals surface area contributed by atoms with Gasteiger partial charge >= 0.3 is 0 Å². The average molecular weight is 400 g/mol. The molecular formula is C21H24N2O6. The van der Waals surface area contributed by atoms with Crippen LogP contribution in [-0.4, -0.2) is 45.8 Å². The van der Waals surface area contributed by atoms with Crippen molar-refractivity contribution in [1.82, 2.24) is 5.32 Å². The van der Waals surface area contributed by atoms with E-state index in [9.17, 15) is 9.59 Å². The second-order valence-corrected chi connectivity index (χ2v) is 5.81. The summed E-state index contributed by atoms with van der Waals surface area (Å²) >= 11 is 0. The lowest BCUT2D eigenvalue weighted by Gasteiger charge is -2.10. The minimum absolute atomic E-state index is 0.244. The van der Waals surface area contributed by atoms with Crippen molar-refractivity contribution in [3.63, 3.8) is 0 Å². The highest BCUT2D eigenvalue weighted by Gasteiger charge is 2.06. The molecule has 0 heterocycles. The zero-order chi connectivity index (χ0) is 21.1. The fourth-order valence-electron chi connectivity index (χ4n) is 2.30. The van der Waals surface area contributed by atoms with Crippen LogP contribution in [-0.2, 0) is 9.59 Å². The molecule has 3 N–H and O–H groups in total. The summed E-state index contributed by atoms with van der Waals surface area (Å²) in [6.07, 6.45) is 3.05. The van der Waals surface area contributed by atoms with E-state index in [1.165, 1.54) is 13.2 Å². The second-order valence-electron chi connectivity index (χ2n) is 5.81. The first-order valence-electron chi connectivity index (χ1n) is 8.83. The number of ether oxygens (including phenoxy) is 4. The van der Waals surface area contributed by atoms with Crippen LogP contribution in [0, 0.1) is 0 Å². The largest absolute Gasteiger partial charge is 0.497 e. The van der Waals surface area contributed by atoms with Crippen molar-refractivity contribution in [2.24, 2.45) is 5.73 Å². The highest BCUT2D eigenvalue weighted by molar-refractivity contribution is 5.91. The van der Waals surface area contributed by atoms with Gasteiger partial charge < -0.3 is 30.0 Å². The maximum Gasteiger partial charge on any atom is 0.255 e. The summed E-state index contributed by atoms with van der Waals surface area (Å²) in [5.41, 5.74) is 5.80. The predicted octanol–water partition coefficient (Wildman–Crippen LogP) is 1.78. The Balaban J connectivity index is 1.79. The number of carbonyl (C=O) groups is 2. The molecule has 0 bridgehead atoms. The fourth-order valence-corrected chi connectivity index (χ4v) is 2.30. The van der Waals surface area contributed by atoms with Gasteiger partial charge in [-0.25, -0.2) is 0 Å². The van der Waals surface area contributed by atoms with Gasteiger partial charge in [0.1, 0.15) is 18.1 Å². The average Bonchev–Trinajstić information content (AvgIpc) is 2.74. The summed E-state index contributed by atoms with van der Waals surface area (Å²) in [4.78, 5) is 22.8. The van der Waals surface area contributed by atoms with Crippen LogP contribution in [0.5, 0.6) is 23.0 Å². The van der Waals surface area contributed by atoms with Crippen molar-refractivity contribution in [2.45, 2.75) is 0 Å². The van der Waals surface area contributed by atoms with Crippen LogP contribution < -0.4 is 30.0 Å². The zero-order valence-electron chi connectivity index (χ0n) is 16.3. The number of hydrogen-bond donors (Lipinski definition) is 2. The monoisotopic (exact) mass is 400 g/mol. The number of amides is 2. The van der Waals surface area contributed by atoms with Crippen molar-refractivity contribution in [1.29, 1.82) is 0 Å². The van der Waals surface area contributed by atoms with E-state index in [1.807, 2.05) is 0 Å². The molecule has 2 aromatic rings. The van der Waals surface area contributed by atoms with E-state index in [-0.39, 0.29) is 12.5 Å². The Labute approximate surface area is 169 Å². The highest BCUT2D eigenvalue weighted by atomic mass is 16.5. The number of benzene rings is 2. The van der Waals surface area contributed by atoms with Crippen LogP contribution in [0.2, 0.25) is 0 Å². The van der Waals surface area contributed by atoms with Crippen LogP contribution in [0.15, 0.2) is 48.5 Å². The van der Waals surface area contributed by atoms with E-state index < -0.39 is 5.91 Å². The molecule has 0 atom stereocenters. The molecule has 0 saturated carbocycles. The molecule has 8 heteroatoms. The molecular weight excluding hydrogens is 376 g/mol. The Morgan fingerprint density at radius 1 is 0.966 bits per heavy atom. The third kappa shape index (κ3) is 7.45. The van der Waals surface area contributed by atoms with E-state index in [0.717, 1.165) is 11.3 Å². The first-order chi connectivity index (χ1) is 14.0. The first kappa shape index (κ1) is 21.6. The summed E-state index contributed by atoms with van der Waals surface area (Å²) in [5.74, 6) is 1.44. The molecule has 8 nitrogen and oxygen atoms in total. The maximum atomic E-state index is 11.9. The summed E-state index contributed by atoms with van der Waals surface area (Å²) in [5, 5.41) is 2.74. The minimum atomic E-state index is -0.580. The Morgan fingerprint density at radius 3 is 2.34 bits per heavy atom. The standard InChI is InChI=1S/C21H24N2O6/c1-26-16-5-7-17(8-6-16)28-12-11-23-21(25)10-4-15-3-9-18(19(13-15)27-2)29-14-20(22)24/h3-10,13H,11-12,14H2,1-2H3,(H2,22,24)(H,23,25)/b10-4+. The molecule has 0 aliphatic heterocycles. The van der Waals surface area contributed by atoms with Gasteiger partial charge in [-0.1, -0.05) is 6.07 Å². The van der Waals surface area contributed by atoms with Crippen molar-refractivity contribution in [3.8, 4) is 23.0 Å². The molecule has 2 amide bonds. The van der Waals surface area contributed by atoms with Gasteiger partial charge in [-0.15, -0.1) is 0 Å². The van der Waals surface area contributed by atoms with Crippen molar-refractivity contribution < 1.29 is 28.5 Å². The van der Waals surface area contributed by atoms with E-state index in [0.29, 0.717) is 30.4 Å². The van der Waals surface area contributed by atoms with Gasteiger partial charge in [-0.3, -0.25) is 9.59 Å². The molecule has 0 unspecified atom stereocenters. The number of methoxy groups -OCH3 is 2. The Kier molecular flexibility index (Phi) is 8.37. The molecule has 0 radical (unpaired) electrons. The van der Waals surface area contributed by atoms with Gasteiger partial charge in [-0.2, -0.15) is 0 Å². The van der Waals surface area contributed by atoms with E-state index >= 15 is 0 Å². The molecule has 0 aromatic heterocycles. The third-order valence-corrected chi connectivity index (χ3v) is 3.71. The highest BCUT2D eigenvalue weighted by Crippen LogP contribution is 2.28. The molecule has 0 aliphatic carbocycles. The number of rotatable bonds is 11. The summed E-state index contributed by atoms with van der Waals surface area (Å²) < 4.78 is 21.1. The molecule has 0 aliphatic rings. The number of nitrogens with two attached hydrogens (primary N) is 1. The number of nitrogens with one attached hydrogen (secondary N) is 1. The molecule has 2 aromatic carbocycles. The maximum absolute atomic E-state index is 11.9. The molecule has 29 heavy (non-hydrogen) atoms. The van der Waals surface area contributed by atoms with E-state index in [1.54, 1.807) is 55.7 Å². The lowest BCUT2D eigenvalue weighted by Crippen LogP contribution is -2.26. The van der Waals surface area contributed by atoms with Crippen LogP contribution >= 0.6 is 0 Å². The van der Waals surface area contributed by atoms with E-state index in [2.05, 4.69) is 5.32 Å². The van der Waals surface area contributed by atoms with Gasteiger partial charge in [0.25, 0.3) is 5.91 Å². The topological polar surface area (TPSA) is 109 Å². The van der Waals surface area contributed by atoms with Crippen molar-refractivity contribution in [2.75, 3.05) is 34.0 Å². The number of primary amides is 1. The molecule has 0 fully saturated rings. The molecule has 2 rings (SSSR count). The van der Waals surface area contributed by atoms with Crippen molar-refractivity contribution in [3.05, 3.63) is 54.1 Å².